The molecule has 0 saturated heterocycles. The van der Waals surface area contributed by atoms with Crippen LogP contribution in [0, 0.1) is 6.92 Å². The second-order valence-corrected chi connectivity index (χ2v) is 5.59. The number of aliphatic imine (C=N–C) groups is 1. The normalized spacial score (nSPS) is 12.2. The van der Waals surface area contributed by atoms with E-state index < -0.39 is 0 Å². The van der Waals surface area contributed by atoms with Gasteiger partial charge >= 0.3 is 0 Å². The molecule has 0 spiro atoms. The minimum Gasteiger partial charge on any atom is -0.494 e. The van der Waals surface area contributed by atoms with Crippen molar-refractivity contribution in [2.75, 3.05) is 12.4 Å². The van der Waals surface area contributed by atoms with Gasteiger partial charge in [0, 0.05) is 23.6 Å². The summed E-state index contributed by atoms with van der Waals surface area (Å²) in [6.07, 6.45) is 5.22. The van der Waals surface area contributed by atoms with Crippen molar-refractivity contribution >= 4 is 22.5 Å². The molecule has 0 unspecified atom stereocenters. The molecule has 1 aromatic carbocycles. The predicted molar refractivity (Wildman–Crippen MR) is 98.8 cm³/mol. The SMILES string of the molecule is C=C(N=C(Cl)/C=C(/C)N)Nc1ccc(-n2cnc(C)c2)c(OC)c1. The highest BCUT2D eigenvalue weighted by Crippen LogP contribution is 2.27. The fourth-order valence-corrected chi connectivity index (χ4v) is 2.34. The lowest BCUT2D eigenvalue weighted by molar-refractivity contribution is 0.413. The number of halogens is 1. The zero-order valence-corrected chi connectivity index (χ0v) is 14.6. The number of hydrogen-bond donors (Lipinski definition) is 2. The highest BCUT2D eigenvalue weighted by Gasteiger charge is 2.07. The lowest BCUT2D eigenvalue weighted by Crippen LogP contribution is -2.01. The Hall–Kier alpha value is -2.73. The van der Waals surface area contributed by atoms with Crippen LogP contribution in [-0.2, 0) is 0 Å². The van der Waals surface area contributed by atoms with Gasteiger partial charge in [0.1, 0.15) is 16.7 Å². The molecule has 126 valence electrons. The van der Waals surface area contributed by atoms with Crippen LogP contribution in [-0.4, -0.2) is 21.8 Å². The number of allylic oxidation sites excluding steroid dienone is 2. The van der Waals surface area contributed by atoms with E-state index in [2.05, 4.69) is 21.9 Å². The third kappa shape index (κ3) is 4.63. The lowest BCUT2D eigenvalue weighted by atomic mass is 10.2. The Morgan fingerprint density at radius 1 is 1.50 bits per heavy atom. The van der Waals surface area contributed by atoms with E-state index in [-0.39, 0.29) is 5.17 Å². The van der Waals surface area contributed by atoms with Gasteiger partial charge in [0.2, 0.25) is 0 Å². The van der Waals surface area contributed by atoms with Gasteiger partial charge in [-0.05, 0) is 32.1 Å². The first-order valence-corrected chi connectivity index (χ1v) is 7.59. The molecule has 0 amide bonds. The Balaban J connectivity index is 2.21. The first kappa shape index (κ1) is 17.6. The zero-order valence-electron chi connectivity index (χ0n) is 13.9. The van der Waals surface area contributed by atoms with Crippen LogP contribution in [0.5, 0.6) is 5.75 Å². The van der Waals surface area contributed by atoms with Crippen molar-refractivity contribution in [2.24, 2.45) is 10.7 Å². The molecule has 2 rings (SSSR count). The summed E-state index contributed by atoms with van der Waals surface area (Å²) in [5, 5.41) is 3.32. The van der Waals surface area contributed by atoms with Gasteiger partial charge in [-0.25, -0.2) is 9.98 Å². The lowest BCUT2D eigenvalue weighted by Gasteiger charge is -2.12. The highest BCUT2D eigenvalue weighted by atomic mass is 35.5. The second-order valence-electron chi connectivity index (χ2n) is 5.20. The molecule has 0 aliphatic heterocycles. The van der Waals surface area contributed by atoms with Crippen molar-refractivity contribution in [1.29, 1.82) is 0 Å². The van der Waals surface area contributed by atoms with E-state index >= 15 is 0 Å². The summed E-state index contributed by atoms with van der Waals surface area (Å²) >= 11 is 5.96. The molecule has 6 nitrogen and oxygen atoms in total. The van der Waals surface area contributed by atoms with Crippen LogP contribution in [0.15, 0.2) is 59.9 Å². The van der Waals surface area contributed by atoms with E-state index in [0.717, 1.165) is 17.1 Å². The Kier molecular flexibility index (Phi) is 5.65. The number of nitrogens with one attached hydrogen (secondary N) is 1. The van der Waals surface area contributed by atoms with Crippen molar-refractivity contribution in [3.05, 3.63) is 60.6 Å². The number of rotatable bonds is 6. The van der Waals surface area contributed by atoms with E-state index in [1.165, 1.54) is 0 Å². The van der Waals surface area contributed by atoms with Gasteiger partial charge in [-0.1, -0.05) is 18.2 Å². The number of methoxy groups -OCH3 is 1. The number of aromatic nitrogens is 2. The minimum absolute atomic E-state index is 0.255. The molecule has 3 N–H and O–H groups in total. The molecule has 0 radical (unpaired) electrons. The zero-order chi connectivity index (χ0) is 17.7. The number of ether oxygens (including phenoxy) is 1. The molecular formula is C17H20ClN5O. The van der Waals surface area contributed by atoms with Crippen LogP contribution < -0.4 is 15.8 Å². The minimum atomic E-state index is 0.255. The fourth-order valence-electron chi connectivity index (χ4n) is 2.07. The summed E-state index contributed by atoms with van der Waals surface area (Å²) in [5.41, 5.74) is 8.72. The number of anilines is 1. The first-order chi connectivity index (χ1) is 11.4. The van der Waals surface area contributed by atoms with E-state index in [9.17, 15) is 0 Å². The van der Waals surface area contributed by atoms with Gasteiger partial charge in [-0.2, -0.15) is 0 Å². The summed E-state index contributed by atoms with van der Waals surface area (Å²) in [6, 6.07) is 5.67. The van der Waals surface area contributed by atoms with E-state index in [0.29, 0.717) is 17.3 Å². The monoisotopic (exact) mass is 345 g/mol. The average Bonchev–Trinajstić information content (AvgIpc) is 2.92. The number of nitrogens with zero attached hydrogens (tertiary/aromatic N) is 3. The topological polar surface area (TPSA) is 77.5 Å². The summed E-state index contributed by atoms with van der Waals surface area (Å²) in [5.74, 6) is 1.09. The van der Waals surface area contributed by atoms with Crippen molar-refractivity contribution in [3.8, 4) is 11.4 Å². The van der Waals surface area contributed by atoms with Crippen molar-refractivity contribution < 1.29 is 4.74 Å². The first-order valence-electron chi connectivity index (χ1n) is 7.22. The van der Waals surface area contributed by atoms with Gasteiger partial charge in [0.25, 0.3) is 0 Å². The van der Waals surface area contributed by atoms with Crippen LogP contribution in [0.2, 0.25) is 0 Å². The summed E-state index contributed by atoms with van der Waals surface area (Å²) in [4.78, 5) is 8.34. The largest absolute Gasteiger partial charge is 0.494 e. The molecule has 7 heteroatoms. The van der Waals surface area contributed by atoms with Crippen LogP contribution in [0.4, 0.5) is 5.69 Å². The van der Waals surface area contributed by atoms with Crippen LogP contribution in [0.1, 0.15) is 12.6 Å². The molecule has 0 atom stereocenters. The summed E-state index contributed by atoms with van der Waals surface area (Å²) < 4.78 is 7.36. The number of aryl methyl sites for hydroxylation is 1. The smallest absolute Gasteiger partial charge is 0.144 e. The Bertz CT molecular complexity index is 803. The molecule has 1 heterocycles. The molecule has 1 aromatic heterocycles. The van der Waals surface area contributed by atoms with Crippen molar-refractivity contribution in [2.45, 2.75) is 13.8 Å². The Morgan fingerprint density at radius 2 is 2.25 bits per heavy atom. The number of benzene rings is 1. The predicted octanol–water partition coefficient (Wildman–Crippen LogP) is 3.57. The molecule has 0 aliphatic rings. The maximum atomic E-state index is 5.96. The summed E-state index contributed by atoms with van der Waals surface area (Å²) in [6.45, 7) is 7.49. The summed E-state index contributed by atoms with van der Waals surface area (Å²) in [7, 11) is 1.62. The number of nitrogens with two attached hydrogens (primary N) is 1. The quantitative estimate of drug-likeness (QED) is 0.784. The Labute approximate surface area is 146 Å². The van der Waals surface area contributed by atoms with Crippen LogP contribution in [0.25, 0.3) is 5.69 Å². The molecule has 0 bridgehead atoms. The maximum Gasteiger partial charge on any atom is 0.144 e. The second kappa shape index (κ2) is 7.70. The number of imidazole rings is 1. The molecular weight excluding hydrogens is 326 g/mol. The molecule has 0 fully saturated rings. The average molecular weight is 346 g/mol. The third-order valence-electron chi connectivity index (χ3n) is 3.05. The highest BCUT2D eigenvalue weighted by molar-refractivity contribution is 6.68. The van der Waals surface area contributed by atoms with Gasteiger partial charge < -0.3 is 20.4 Å². The number of hydrogen-bond acceptors (Lipinski definition) is 5. The van der Waals surface area contributed by atoms with Gasteiger partial charge in [-0.15, -0.1) is 0 Å². The van der Waals surface area contributed by atoms with Crippen LogP contribution >= 0.6 is 11.6 Å². The molecule has 24 heavy (non-hydrogen) atoms. The molecule has 0 aliphatic carbocycles. The fraction of sp³-hybridized carbons (Fsp3) is 0.176. The Morgan fingerprint density at radius 3 is 2.83 bits per heavy atom. The standard InChI is InChI=1S/C17H20ClN5O/c1-11(19)7-17(18)22-13(3)21-14-5-6-15(16(8-14)24-4)23-9-12(2)20-10-23/h5-10,21H,3,19H2,1-2,4H3/b11-7-,22-17?. The van der Waals surface area contributed by atoms with Crippen LogP contribution in [0.3, 0.4) is 0 Å². The van der Waals surface area contributed by atoms with E-state index in [4.69, 9.17) is 22.1 Å². The van der Waals surface area contributed by atoms with Gasteiger partial charge in [-0.3, -0.25) is 0 Å². The van der Waals surface area contributed by atoms with Gasteiger partial charge in [0.15, 0.2) is 0 Å². The maximum absolute atomic E-state index is 5.96. The third-order valence-corrected chi connectivity index (χ3v) is 3.24. The van der Waals surface area contributed by atoms with Gasteiger partial charge in [0.05, 0.1) is 24.8 Å². The molecule has 2 aromatic rings. The van der Waals surface area contributed by atoms with Crippen molar-refractivity contribution in [1.82, 2.24) is 9.55 Å². The van der Waals surface area contributed by atoms with E-state index in [1.54, 1.807) is 26.4 Å². The van der Waals surface area contributed by atoms with E-state index in [1.807, 2.05) is 35.9 Å². The molecule has 0 saturated carbocycles. The van der Waals surface area contributed by atoms with Crippen molar-refractivity contribution in [3.63, 3.8) is 0 Å².